The molecule has 2 rings (SSSR count). The van der Waals surface area contributed by atoms with E-state index in [1.807, 2.05) is 17.7 Å². The van der Waals surface area contributed by atoms with E-state index >= 15 is 0 Å². The number of nitrogens with two attached hydrogens (primary N) is 1. The summed E-state index contributed by atoms with van der Waals surface area (Å²) in [6, 6.07) is 0. The molecule has 0 aliphatic heterocycles. The van der Waals surface area contributed by atoms with Crippen LogP contribution in [0, 0.1) is 0 Å². The average Bonchev–Trinajstić information content (AvgIpc) is 2.61. The van der Waals surface area contributed by atoms with Crippen LogP contribution < -0.4 is 5.73 Å². The van der Waals surface area contributed by atoms with Gasteiger partial charge in [0.1, 0.15) is 5.82 Å². The zero-order chi connectivity index (χ0) is 10.9. The quantitative estimate of drug-likeness (QED) is 0.797. The lowest BCUT2D eigenvalue weighted by Crippen LogP contribution is -2.54. The zero-order valence-corrected chi connectivity index (χ0v) is 9.07. The molecule has 15 heavy (non-hydrogen) atoms. The molecule has 0 spiro atoms. The van der Waals surface area contributed by atoms with Crippen LogP contribution in [0.1, 0.15) is 32.0 Å². The van der Waals surface area contributed by atoms with E-state index in [1.54, 1.807) is 6.20 Å². The number of hydrogen-bond acceptors (Lipinski definition) is 3. The highest BCUT2D eigenvalue weighted by Crippen LogP contribution is 2.30. The van der Waals surface area contributed by atoms with Crippen molar-refractivity contribution in [1.82, 2.24) is 9.55 Å². The summed E-state index contributed by atoms with van der Waals surface area (Å²) in [5, 5.41) is 0. The molecule has 82 valence electrons. The Morgan fingerprint density at radius 2 is 2.40 bits per heavy atom. The molecule has 0 bridgehead atoms. The number of hydrogen-bond donors (Lipinski definition) is 1. The fourth-order valence-corrected chi connectivity index (χ4v) is 1.95. The number of ketones is 1. The van der Waals surface area contributed by atoms with Gasteiger partial charge in [0.25, 0.3) is 0 Å². The first-order valence-corrected chi connectivity index (χ1v) is 5.48. The number of imidazole rings is 1. The Balaban J connectivity index is 2.05. The molecular formula is C11H17N3O. The molecule has 0 unspecified atom stereocenters. The Morgan fingerprint density at radius 1 is 1.67 bits per heavy atom. The van der Waals surface area contributed by atoms with Gasteiger partial charge in [0, 0.05) is 18.9 Å². The number of nitrogens with zero attached hydrogens (tertiary/aromatic N) is 2. The van der Waals surface area contributed by atoms with Crippen molar-refractivity contribution in [2.45, 2.75) is 44.7 Å². The van der Waals surface area contributed by atoms with Gasteiger partial charge in [-0.1, -0.05) is 0 Å². The van der Waals surface area contributed by atoms with Crippen molar-refractivity contribution in [1.29, 1.82) is 0 Å². The number of rotatable bonds is 4. The predicted molar refractivity (Wildman–Crippen MR) is 57.4 cm³/mol. The van der Waals surface area contributed by atoms with Crippen LogP contribution in [0.3, 0.4) is 0 Å². The number of aromatic nitrogens is 2. The van der Waals surface area contributed by atoms with Crippen molar-refractivity contribution in [2.24, 2.45) is 5.73 Å². The largest absolute Gasteiger partial charge is 0.335 e. The molecule has 2 N–H and O–H groups in total. The van der Waals surface area contributed by atoms with Gasteiger partial charge in [-0.25, -0.2) is 4.98 Å². The highest BCUT2D eigenvalue weighted by molar-refractivity contribution is 5.90. The summed E-state index contributed by atoms with van der Waals surface area (Å²) >= 11 is 0. The monoisotopic (exact) mass is 207 g/mol. The van der Waals surface area contributed by atoms with Gasteiger partial charge in [-0.05, 0) is 26.2 Å². The van der Waals surface area contributed by atoms with Gasteiger partial charge >= 0.3 is 0 Å². The second kappa shape index (κ2) is 3.77. The van der Waals surface area contributed by atoms with Crippen LogP contribution in [0.5, 0.6) is 0 Å². The molecule has 1 aliphatic rings. The second-order valence-corrected chi connectivity index (χ2v) is 4.24. The van der Waals surface area contributed by atoms with Gasteiger partial charge in [0.05, 0.1) is 12.0 Å². The lowest BCUT2D eigenvalue weighted by Gasteiger charge is -2.36. The number of carbonyl (C=O) groups is 1. The molecule has 1 aliphatic carbocycles. The van der Waals surface area contributed by atoms with Crippen molar-refractivity contribution < 1.29 is 4.79 Å². The summed E-state index contributed by atoms with van der Waals surface area (Å²) < 4.78 is 1.99. The summed E-state index contributed by atoms with van der Waals surface area (Å²) in [7, 11) is 0. The van der Waals surface area contributed by atoms with Gasteiger partial charge < -0.3 is 10.3 Å². The van der Waals surface area contributed by atoms with E-state index in [2.05, 4.69) is 4.98 Å². The van der Waals surface area contributed by atoms with Crippen molar-refractivity contribution in [3.63, 3.8) is 0 Å². The summed E-state index contributed by atoms with van der Waals surface area (Å²) in [5.74, 6) is 0.967. The predicted octanol–water partition coefficient (Wildman–Crippen LogP) is 0.896. The highest BCUT2D eigenvalue weighted by atomic mass is 16.1. The first kappa shape index (κ1) is 10.4. The first-order valence-electron chi connectivity index (χ1n) is 5.48. The molecule has 1 aromatic rings. The van der Waals surface area contributed by atoms with Crippen molar-refractivity contribution in [3.8, 4) is 0 Å². The molecule has 4 heteroatoms. The summed E-state index contributed by atoms with van der Waals surface area (Å²) in [6.07, 6.45) is 6.74. The smallest absolute Gasteiger partial charge is 0.160 e. The minimum absolute atomic E-state index is 0.134. The Kier molecular flexibility index (Phi) is 2.61. The highest BCUT2D eigenvalue weighted by Gasteiger charge is 2.39. The van der Waals surface area contributed by atoms with Crippen LogP contribution in [0.25, 0.3) is 0 Å². The molecule has 1 saturated carbocycles. The maximum atomic E-state index is 11.9. The van der Waals surface area contributed by atoms with Gasteiger partial charge in [0.2, 0.25) is 0 Å². The van der Waals surface area contributed by atoms with Gasteiger partial charge in [-0.3, -0.25) is 4.79 Å². The third-order valence-electron chi connectivity index (χ3n) is 3.26. The Hall–Kier alpha value is -1.16. The minimum Gasteiger partial charge on any atom is -0.335 e. The Morgan fingerprint density at radius 3 is 2.93 bits per heavy atom. The number of aryl methyl sites for hydroxylation is 1. The van der Waals surface area contributed by atoms with Crippen LogP contribution in [0.15, 0.2) is 12.4 Å². The van der Waals surface area contributed by atoms with Crippen LogP contribution in [-0.2, 0) is 17.8 Å². The molecule has 4 nitrogen and oxygen atoms in total. The van der Waals surface area contributed by atoms with E-state index in [9.17, 15) is 4.79 Å². The molecule has 0 saturated heterocycles. The van der Waals surface area contributed by atoms with Gasteiger partial charge in [-0.2, -0.15) is 0 Å². The Labute approximate surface area is 89.5 Å². The maximum Gasteiger partial charge on any atom is 0.160 e. The molecule has 0 radical (unpaired) electrons. The van der Waals surface area contributed by atoms with Crippen molar-refractivity contribution in [2.75, 3.05) is 0 Å². The molecule has 1 aromatic heterocycles. The average molecular weight is 207 g/mol. The fourth-order valence-electron chi connectivity index (χ4n) is 1.95. The van der Waals surface area contributed by atoms with Gasteiger partial charge in [0.15, 0.2) is 5.78 Å². The molecule has 0 aromatic carbocycles. The van der Waals surface area contributed by atoms with E-state index in [0.717, 1.165) is 31.6 Å². The third-order valence-corrected chi connectivity index (χ3v) is 3.26. The topological polar surface area (TPSA) is 60.9 Å². The second-order valence-electron chi connectivity index (χ2n) is 4.24. The van der Waals surface area contributed by atoms with E-state index in [0.29, 0.717) is 6.42 Å². The third kappa shape index (κ3) is 1.81. The summed E-state index contributed by atoms with van der Waals surface area (Å²) in [5.41, 5.74) is 5.42. The van der Waals surface area contributed by atoms with Crippen molar-refractivity contribution >= 4 is 5.78 Å². The van der Waals surface area contributed by atoms with Crippen LogP contribution in [0.4, 0.5) is 0 Å². The molecule has 1 fully saturated rings. The van der Waals surface area contributed by atoms with Crippen molar-refractivity contribution in [3.05, 3.63) is 18.2 Å². The van der Waals surface area contributed by atoms with E-state index in [4.69, 9.17) is 5.73 Å². The summed E-state index contributed by atoms with van der Waals surface area (Å²) in [6.45, 7) is 2.89. The Bertz CT molecular complexity index is 366. The normalized spacial score (nSPS) is 18.5. The molecular weight excluding hydrogens is 190 g/mol. The minimum atomic E-state index is -0.551. The lowest BCUT2D eigenvalue weighted by molar-refractivity contribution is -0.126. The molecule has 0 atom stereocenters. The standard InChI is InChI=1S/C11H17N3O/c1-2-14-7-6-13-10(14)8-9(15)11(12)4-3-5-11/h6-7H,2-5,8,12H2,1H3. The molecule has 1 heterocycles. The lowest BCUT2D eigenvalue weighted by atomic mass is 9.73. The van der Waals surface area contributed by atoms with Crippen LogP contribution in [0.2, 0.25) is 0 Å². The number of carbonyl (C=O) groups excluding carboxylic acids is 1. The zero-order valence-electron chi connectivity index (χ0n) is 9.07. The fraction of sp³-hybridized carbons (Fsp3) is 0.636. The van der Waals surface area contributed by atoms with E-state index < -0.39 is 5.54 Å². The van der Waals surface area contributed by atoms with E-state index in [-0.39, 0.29) is 5.78 Å². The summed E-state index contributed by atoms with van der Waals surface area (Å²) in [4.78, 5) is 16.1. The number of Topliss-reactive ketones (excluding diaryl/α,β-unsaturated/α-hetero) is 1. The SMILES string of the molecule is CCn1ccnc1CC(=O)C1(N)CCC1. The van der Waals surface area contributed by atoms with Crippen LogP contribution in [-0.4, -0.2) is 20.9 Å². The first-order chi connectivity index (χ1) is 7.15. The van der Waals surface area contributed by atoms with Crippen LogP contribution >= 0.6 is 0 Å². The van der Waals surface area contributed by atoms with Gasteiger partial charge in [-0.15, -0.1) is 0 Å². The molecule has 0 amide bonds. The van der Waals surface area contributed by atoms with E-state index in [1.165, 1.54) is 0 Å². The maximum absolute atomic E-state index is 11.9.